The molecular weight excluding hydrogens is 298 g/mol. The van der Waals surface area contributed by atoms with Gasteiger partial charge in [0.1, 0.15) is 0 Å². The number of aromatic nitrogens is 1. The van der Waals surface area contributed by atoms with E-state index in [-0.39, 0.29) is 5.91 Å². The largest absolute Gasteiger partial charge is 0.370 e. The Labute approximate surface area is 143 Å². The zero-order valence-electron chi connectivity index (χ0n) is 14.1. The van der Waals surface area contributed by atoms with E-state index in [1.54, 1.807) is 6.20 Å². The van der Waals surface area contributed by atoms with Gasteiger partial charge in [-0.05, 0) is 43.7 Å². The molecule has 1 amide bonds. The second-order valence-electron chi connectivity index (χ2n) is 6.32. The highest BCUT2D eigenvalue weighted by molar-refractivity contribution is 5.94. The first-order valence-electron chi connectivity index (χ1n) is 8.85. The molecule has 1 aliphatic rings. The number of nitrogens with one attached hydrogen (secondary N) is 1. The molecule has 1 aliphatic heterocycles. The fraction of sp³-hybridized carbons (Fsp3) is 0.400. The van der Waals surface area contributed by atoms with Gasteiger partial charge in [0, 0.05) is 25.8 Å². The van der Waals surface area contributed by atoms with Crippen molar-refractivity contribution in [1.82, 2.24) is 10.3 Å². The summed E-state index contributed by atoms with van der Waals surface area (Å²) in [4.78, 5) is 18.9. The molecule has 0 unspecified atom stereocenters. The summed E-state index contributed by atoms with van der Waals surface area (Å²) in [5, 5.41) is 3.00. The molecule has 1 aromatic heterocycles. The Balaban J connectivity index is 1.49. The van der Waals surface area contributed by atoms with Gasteiger partial charge in [0.15, 0.2) is 0 Å². The van der Waals surface area contributed by atoms with Gasteiger partial charge < -0.3 is 10.2 Å². The average molecular weight is 323 g/mol. The molecule has 1 N–H and O–H groups in total. The number of nitrogens with zero attached hydrogens (tertiary/aromatic N) is 2. The SMILES string of the molecule is O=C(NCCCc1ccccc1)c1cncc(N2CCCCC2)c1. The van der Waals surface area contributed by atoms with E-state index < -0.39 is 0 Å². The highest BCUT2D eigenvalue weighted by Gasteiger charge is 2.13. The number of carbonyl (C=O) groups excluding carboxylic acids is 1. The van der Waals surface area contributed by atoms with E-state index in [1.807, 2.05) is 30.5 Å². The third kappa shape index (κ3) is 4.57. The molecule has 1 fully saturated rings. The number of carbonyl (C=O) groups is 1. The number of rotatable bonds is 6. The van der Waals surface area contributed by atoms with Crippen LogP contribution in [0.25, 0.3) is 0 Å². The van der Waals surface area contributed by atoms with Crippen LogP contribution in [0.4, 0.5) is 5.69 Å². The summed E-state index contributed by atoms with van der Waals surface area (Å²) in [5.74, 6) is -0.0329. The summed E-state index contributed by atoms with van der Waals surface area (Å²) in [5.41, 5.74) is 3.02. The van der Waals surface area contributed by atoms with Gasteiger partial charge in [0.05, 0.1) is 17.4 Å². The molecular formula is C20H25N3O. The van der Waals surface area contributed by atoms with E-state index >= 15 is 0 Å². The van der Waals surface area contributed by atoms with Crippen molar-refractivity contribution in [3.05, 3.63) is 59.9 Å². The van der Waals surface area contributed by atoms with E-state index in [0.29, 0.717) is 12.1 Å². The van der Waals surface area contributed by atoms with E-state index in [0.717, 1.165) is 31.6 Å². The van der Waals surface area contributed by atoms with Gasteiger partial charge in [-0.2, -0.15) is 0 Å². The molecule has 24 heavy (non-hydrogen) atoms. The second-order valence-corrected chi connectivity index (χ2v) is 6.32. The van der Waals surface area contributed by atoms with Crippen LogP contribution < -0.4 is 10.2 Å². The van der Waals surface area contributed by atoms with Crippen LogP contribution in [0.3, 0.4) is 0 Å². The first-order valence-corrected chi connectivity index (χ1v) is 8.85. The molecule has 1 saturated heterocycles. The van der Waals surface area contributed by atoms with E-state index in [4.69, 9.17) is 0 Å². The van der Waals surface area contributed by atoms with Gasteiger partial charge in [0.25, 0.3) is 5.91 Å². The number of hydrogen-bond acceptors (Lipinski definition) is 3. The van der Waals surface area contributed by atoms with E-state index in [1.165, 1.54) is 24.8 Å². The van der Waals surface area contributed by atoms with Crippen LogP contribution in [0.5, 0.6) is 0 Å². The molecule has 0 radical (unpaired) electrons. The van der Waals surface area contributed by atoms with Crippen molar-refractivity contribution >= 4 is 11.6 Å². The molecule has 1 aromatic carbocycles. The summed E-state index contributed by atoms with van der Waals surface area (Å²) in [7, 11) is 0. The van der Waals surface area contributed by atoms with Crippen LogP contribution in [-0.4, -0.2) is 30.5 Å². The molecule has 0 spiro atoms. The topological polar surface area (TPSA) is 45.2 Å². The van der Waals surface area contributed by atoms with Crippen LogP contribution in [0.1, 0.15) is 41.6 Å². The molecule has 2 aromatic rings. The fourth-order valence-electron chi connectivity index (χ4n) is 3.12. The van der Waals surface area contributed by atoms with Crippen molar-refractivity contribution < 1.29 is 4.79 Å². The summed E-state index contributed by atoms with van der Waals surface area (Å²) in [6.07, 6.45) is 9.16. The van der Waals surface area contributed by atoms with E-state index in [2.05, 4.69) is 27.3 Å². The third-order valence-electron chi connectivity index (χ3n) is 4.48. The Morgan fingerprint density at radius 1 is 1.08 bits per heavy atom. The van der Waals surface area contributed by atoms with Gasteiger partial charge in [-0.25, -0.2) is 0 Å². The van der Waals surface area contributed by atoms with Gasteiger partial charge in [-0.15, -0.1) is 0 Å². The van der Waals surface area contributed by atoms with Crippen molar-refractivity contribution in [3.8, 4) is 0 Å². The maximum absolute atomic E-state index is 12.3. The average Bonchev–Trinajstić information content (AvgIpc) is 2.67. The standard InChI is InChI=1S/C20H25N3O/c24-20(22-11-7-10-17-8-3-1-4-9-17)18-14-19(16-21-15-18)23-12-5-2-6-13-23/h1,3-4,8-9,14-16H,2,5-7,10-13H2,(H,22,24). The van der Waals surface area contributed by atoms with Crippen LogP contribution in [0.15, 0.2) is 48.8 Å². The molecule has 0 saturated carbocycles. The van der Waals surface area contributed by atoms with Crippen LogP contribution in [0, 0.1) is 0 Å². The van der Waals surface area contributed by atoms with Crippen molar-refractivity contribution in [2.24, 2.45) is 0 Å². The minimum atomic E-state index is -0.0329. The molecule has 4 nitrogen and oxygen atoms in total. The summed E-state index contributed by atoms with van der Waals surface area (Å²) < 4.78 is 0. The minimum absolute atomic E-state index is 0.0329. The van der Waals surface area contributed by atoms with Crippen molar-refractivity contribution in [3.63, 3.8) is 0 Å². The van der Waals surface area contributed by atoms with Gasteiger partial charge >= 0.3 is 0 Å². The lowest BCUT2D eigenvalue weighted by Crippen LogP contribution is -2.30. The number of amides is 1. The number of aryl methyl sites for hydroxylation is 1. The van der Waals surface area contributed by atoms with Crippen molar-refractivity contribution in [2.45, 2.75) is 32.1 Å². The maximum atomic E-state index is 12.3. The Morgan fingerprint density at radius 2 is 1.88 bits per heavy atom. The number of pyridine rings is 1. The lowest BCUT2D eigenvalue weighted by atomic mass is 10.1. The predicted octanol–water partition coefficient (Wildman–Crippen LogP) is 3.43. The second kappa shape index (κ2) is 8.48. The third-order valence-corrected chi connectivity index (χ3v) is 4.48. The zero-order valence-corrected chi connectivity index (χ0v) is 14.1. The number of piperidine rings is 1. The van der Waals surface area contributed by atoms with Crippen molar-refractivity contribution in [2.75, 3.05) is 24.5 Å². The summed E-state index contributed by atoms with van der Waals surface area (Å²) >= 11 is 0. The Hall–Kier alpha value is -2.36. The molecule has 0 aliphatic carbocycles. The summed E-state index contributed by atoms with van der Waals surface area (Å²) in [6, 6.07) is 12.3. The fourth-order valence-corrected chi connectivity index (χ4v) is 3.12. The van der Waals surface area contributed by atoms with Crippen molar-refractivity contribution in [1.29, 1.82) is 0 Å². The molecule has 3 rings (SSSR count). The molecule has 4 heteroatoms. The van der Waals surface area contributed by atoms with Crippen LogP contribution in [0.2, 0.25) is 0 Å². The first-order chi connectivity index (χ1) is 11.8. The van der Waals surface area contributed by atoms with Gasteiger partial charge in [-0.3, -0.25) is 9.78 Å². The molecule has 2 heterocycles. The number of anilines is 1. The predicted molar refractivity (Wildman–Crippen MR) is 97.4 cm³/mol. The lowest BCUT2D eigenvalue weighted by Gasteiger charge is -2.28. The first kappa shape index (κ1) is 16.5. The highest BCUT2D eigenvalue weighted by Crippen LogP contribution is 2.19. The Bertz CT molecular complexity index is 651. The van der Waals surface area contributed by atoms with Gasteiger partial charge in [-0.1, -0.05) is 30.3 Å². The minimum Gasteiger partial charge on any atom is -0.370 e. The lowest BCUT2D eigenvalue weighted by molar-refractivity contribution is 0.0953. The van der Waals surface area contributed by atoms with E-state index in [9.17, 15) is 4.79 Å². The molecule has 0 bridgehead atoms. The monoisotopic (exact) mass is 323 g/mol. The Kier molecular flexibility index (Phi) is 5.83. The molecule has 0 atom stereocenters. The summed E-state index contributed by atoms with van der Waals surface area (Å²) in [6.45, 7) is 2.80. The quantitative estimate of drug-likeness (QED) is 0.828. The number of benzene rings is 1. The zero-order chi connectivity index (χ0) is 16.6. The normalized spacial score (nSPS) is 14.4. The maximum Gasteiger partial charge on any atom is 0.252 e. The smallest absolute Gasteiger partial charge is 0.252 e. The van der Waals surface area contributed by atoms with Crippen LogP contribution >= 0.6 is 0 Å². The number of hydrogen-bond donors (Lipinski definition) is 1. The highest BCUT2D eigenvalue weighted by atomic mass is 16.1. The van der Waals surface area contributed by atoms with Crippen LogP contribution in [-0.2, 0) is 6.42 Å². The Morgan fingerprint density at radius 3 is 2.67 bits per heavy atom. The van der Waals surface area contributed by atoms with Gasteiger partial charge in [0.2, 0.25) is 0 Å². The molecule has 126 valence electrons.